The smallest absolute Gasteiger partial charge is 0.264 e. The molecule has 0 saturated carbocycles. The van der Waals surface area contributed by atoms with E-state index in [0.717, 1.165) is 43.8 Å². The molecular formula is C21H22N4O3. The molecule has 144 valence electrons. The Morgan fingerprint density at radius 3 is 2.64 bits per heavy atom. The van der Waals surface area contributed by atoms with Crippen LogP contribution >= 0.6 is 0 Å². The van der Waals surface area contributed by atoms with Gasteiger partial charge in [-0.05, 0) is 25.0 Å². The van der Waals surface area contributed by atoms with Crippen molar-refractivity contribution in [2.24, 2.45) is 0 Å². The lowest BCUT2D eigenvalue weighted by molar-refractivity contribution is 0.0904. The van der Waals surface area contributed by atoms with Crippen LogP contribution in [0.25, 0.3) is 11.4 Å². The number of nitrogens with zero attached hydrogens (tertiary/aromatic N) is 2. The second kappa shape index (κ2) is 8.22. The van der Waals surface area contributed by atoms with Crippen LogP contribution in [0.1, 0.15) is 29.0 Å². The molecule has 2 N–H and O–H groups in total. The molecule has 1 aliphatic heterocycles. The van der Waals surface area contributed by atoms with Crippen LogP contribution in [-0.4, -0.2) is 39.9 Å². The maximum atomic E-state index is 12.5. The Kier molecular flexibility index (Phi) is 5.34. The van der Waals surface area contributed by atoms with Crippen LogP contribution in [-0.2, 0) is 6.54 Å². The summed E-state index contributed by atoms with van der Waals surface area (Å²) in [4.78, 5) is 34.1. The number of rotatable bonds is 5. The number of hydrogen-bond donors (Lipinski definition) is 2. The first-order valence-corrected chi connectivity index (χ1v) is 9.39. The standard InChI is InChI=1S/C21H22N4O3/c26-20(18-13-22-19(24-21(18)27)15-5-2-1-3-6-15)23-16-8-10-25(11-9-16)14-17-7-4-12-28-17/h1-7,12-13,16H,8-11,14H2,(H,23,26)(H,22,24,27). The third kappa shape index (κ3) is 4.20. The van der Waals surface area contributed by atoms with Gasteiger partial charge in [-0.1, -0.05) is 30.3 Å². The van der Waals surface area contributed by atoms with Gasteiger partial charge >= 0.3 is 0 Å². The van der Waals surface area contributed by atoms with Crippen molar-refractivity contribution < 1.29 is 9.21 Å². The monoisotopic (exact) mass is 378 g/mol. The molecule has 0 spiro atoms. The number of carbonyl (C=O) groups is 1. The average molecular weight is 378 g/mol. The highest BCUT2D eigenvalue weighted by Gasteiger charge is 2.23. The molecule has 0 radical (unpaired) electrons. The molecule has 0 atom stereocenters. The number of benzene rings is 1. The number of aromatic amines is 1. The molecule has 1 aromatic carbocycles. The number of furan rings is 1. The predicted molar refractivity (Wildman–Crippen MR) is 105 cm³/mol. The minimum absolute atomic E-state index is 0.0395. The number of piperidine rings is 1. The second-order valence-electron chi connectivity index (χ2n) is 6.94. The number of nitrogens with one attached hydrogen (secondary N) is 2. The Labute approximate surface area is 162 Å². The van der Waals surface area contributed by atoms with Gasteiger partial charge in [-0.3, -0.25) is 14.5 Å². The quantitative estimate of drug-likeness (QED) is 0.711. The normalized spacial score (nSPS) is 15.4. The number of carbonyl (C=O) groups excluding carboxylic acids is 1. The summed E-state index contributed by atoms with van der Waals surface area (Å²) in [6.07, 6.45) is 4.69. The fraction of sp³-hybridized carbons (Fsp3) is 0.286. The first-order chi connectivity index (χ1) is 13.7. The number of H-pyrrole nitrogens is 1. The van der Waals surface area contributed by atoms with Gasteiger partial charge in [0.2, 0.25) is 0 Å². The van der Waals surface area contributed by atoms with Gasteiger partial charge < -0.3 is 14.7 Å². The van der Waals surface area contributed by atoms with E-state index in [-0.39, 0.29) is 17.5 Å². The molecule has 7 nitrogen and oxygen atoms in total. The van der Waals surface area contributed by atoms with Gasteiger partial charge in [0.05, 0.1) is 12.8 Å². The van der Waals surface area contributed by atoms with Crippen molar-refractivity contribution in [1.82, 2.24) is 20.2 Å². The molecule has 0 bridgehead atoms. The molecule has 1 fully saturated rings. The van der Waals surface area contributed by atoms with E-state index in [9.17, 15) is 9.59 Å². The van der Waals surface area contributed by atoms with Crippen molar-refractivity contribution in [2.45, 2.75) is 25.4 Å². The first kappa shape index (κ1) is 18.2. The van der Waals surface area contributed by atoms with E-state index in [0.29, 0.717) is 5.82 Å². The molecule has 7 heteroatoms. The topological polar surface area (TPSA) is 91.2 Å². The van der Waals surface area contributed by atoms with Crippen molar-refractivity contribution in [3.63, 3.8) is 0 Å². The molecule has 3 heterocycles. The van der Waals surface area contributed by atoms with Crippen molar-refractivity contribution in [3.05, 3.63) is 76.6 Å². The highest BCUT2D eigenvalue weighted by molar-refractivity contribution is 5.93. The van der Waals surface area contributed by atoms with Gasteiger partial charge in [0.25, 0.3) is 11.5 Å². The van der Waals surface area contributed by atoms with Gasteiger partial charge in [-0.2, -0.15) is 0 Å². The SMILES string of the molecule is O=C(NC1CCN(Cc2ccco2)CC1)c1cnc(-c2ccccc2)[nH]c1=O. The maximum absolute atomic E-state index is 12.5. The van der Waals surface area contributed by atoms with Crippen LogP contribution < -0.4 is 10.9 Å². The van der Waals surface area contributed by atoms with Gasteiger partial charge in [0.15, 0.2) is 0 Å². The van der Waals surface area contributed by atoms with Crippen LogP contribution in [0.4, 0.5) is 0 Å². The van der Waals surface area contributed by atoms with Crippen molar-refractivity contribution in [3.8, 4) is 11.4 Å². The van der Waals surface area contributed by atoms with Crippen LogP contribution in [0.2, 0.25) is 0 Å². The number of likely N-dealkylation sites (tertiary alicyclic amines) is 1. The molecule has 1 amide bonds. The van der Waals surface area contributed by atoms with Crippen LogP contribution in [0, 0.1) is 0 Å². The molecule has 0 aliphatic carbocycles. The summed E-state index contributed by atoms with van der Waals surface area (Å²) in [5, 5.41) is 2.97. The Bertz CT molecular complexity index is 974. The molecule has 0 unspecified atom stereocenters. The summed E-state index contributed by atoms with van der Waals surface area (Å²) < 4.78 is 5.38. The molecule has 2 aromatic heterocycles. The molecule has 1 saturated heterocycles. The zero-order valence-corrected chi connectivity index (χ0v) is 15.4. The zero-order chi connectivity index (χ0) is 19.3. The fourth-order valence-corrected chi connectivity index (χ4v) is 3.42. The Morgan fingerprint density at radius 1 is 1.18 bits per heavy atom. The lowest BCUT2D eigenvalue weighted by atomic mass is 10.0. The lowest BCUT2D eigenvalue weighted by Gasteiger charge is -2.31. The summed E-state index contributed by atoms with van der Waals surface area (Å²) in [7, 11) is 0. The Morgan fingerprint density at radius 2 is 1.96 bits per heavy atom. The third-order valence-electron chi connectivity index (χ3n) is 4.97. The van der Waals surface area contributed by atoms with E-state index in [2.05, 4.69) is 20.2 Å². The minimum Gasteiger partial charge on any atom is -0.468 e. The molecule has 4 rings (SSSR count). The molecule has 28 heavy (non-hydrogen) atoms. The van der Waals surface area contributed by atoms with Gasteiger partial charge in [-0.15, -0.1) is 0 Å². The third-order valence-corrected chi connectivity index (χ3v) is 4.97. The van der Waals surface area contributed by atoms with Crippen LogP contribution in [0.5, 0.6) is 0 Å². The molecule has 1 aliphatic rings. The lowest BCUT2D eigenvalue weighted by Crippen LogP contribution is -2.45. The van der Waals surface area contributed by atoms with Gasteiger partial charge in [0.1, 0.15) is 17.1 Å². The number of amides is 1. The summed E-state index contributed by atoms with van der Waals surface area (Å²) in [6.45, 7) is 2.51. The first-order valence-electron chi connectivity index (χ1n) is 9.39. The minimum atomic E-state index is -0.429. The van der Waals surface area contributed by atoms with E-state index in [4.69, 9.17) is 4.42 Å². The van der Waals surface area contributed by atoms with E-state index < -0.39 is 5.56 Å². The molecular weight excluding hydrogens is 356 g/mol. The highest BCUT2D eigenvalue weighted by Crippen LogP contribution is 2.15. The fourth-order valence-electron chi connectivity index (χ4n) is 3.42. The summed E-state index contributed by atoms with van der Waals surface area (Å²) in [5.74, 6) is 1.02. The van der Waals surface area contributed by atoms with E-state index >= 15 is 0 Å². The number of aromatic nitrogens is 2. The number of hydrogen-bond acceptors (Lipinski definition) is 5. The summed E-state index contributed by atoms with van der Waals surface area (Å²) in [6, 6.07) is 13.2. The second-order valence-corrected chi connectivity index (χ2v) is 6.94. The van der Waals surface area contributed by atoms with Crippen LogP contribution in [0.15, 0.2) is 64.1 Å². The van der Waals surface area contributed by atoms with Crippen molar-refractivity contribution >= 4 is 5.91 Å². The van der Waals surface area contributed by atoms with E-state index in [1.807, 2.05) is 42.5 Å². The van der Waals surface area contributed by atoms with E-state index in [1.165, 1.54) is 6.20 Å². The van der Waals surface area contributed by atoms with E-state index in [1.54, 1.807) is 6.26 Å². The molecule has 3 aromatic rings. The summed E-state index contributed by atoms with van der Waals surface area (Å²) in [5.41, 5.74) is 0.412. The predicted octanol–water partition coefficient (Wildman–Crippen LogP) is 2.42. The highest BCUT2D eigenvalue weighted by atomic mass is 16.3. The summed E-state index contributed by atoms with van der Waals surface area (Å²) >= 11 is 0. The van der Waals surface area contributed by atoms with Crippen molar-refractivity contribution in [1.29, 1.82) is 0 Å². The van der Waals surface area contributed by atoms with Gasteiger partial charge in [0, 0.05) is 30.9 Å². The average Bonchev–Trinajstić information content (AvgIpc) is 3.23. The van der Waals surface area contributed by atoms with Gasteiger partial charge in [-0.25, -0.2) is 4.98 Å². The largest absolute Gasteiger partial charge is 0.468 e. The van der Waals surface area contributed by atoms with Crippen LogP contribution in [0.3, 0.4) is 0 Å². The van der Waals surface area contributed by atoms with Crippen molar-refractivity contribution in [2.75, 3.05) is 13.1 Å². The zero-order valence-electron chi connectivity index (χ0n) is 15.4. The Hall–Kier alpha value is -3.19. The maximum Gasteiger partial charge on any atom is 0.264 e. The Balaban J connectivity index is 1.35.